The molecule has 23 heavy (non-hydrogen) atoms. The minimum absolute atomic E-state index is 0.243. The molecule has 2 atom stereocenters. The zero-order valence-electron chi connectivity index (χ0n) is 13.7. The van der Waals surface area contributed by atoms with E-state index in [9.17, 15) is 19.8 Å². The second-order valence-corrected chi connectivity index (χ2v) is 5.06. The molecule has 1 rings (SSSR count). The lowest BCUT2D eigenvalue weighted by molar-refractivity contribution is -0.152. The van der Waals surface area contributed by atoms with E-state index in [1.807, 2.05) is 6.92 Å². The monoisotopic (exact) mass is 321 g/mol. The highest BCUT2D eigenvalue weighted by Crippen LogP contribution is 2.33. The summed E-state index contributed by atoms with van der Waals surface area (Å²) in [5.74, 6) is -1.82. The molecule has 0 fully saturated rings. The zero-order valence-corrected chi connectivity index (χ0v) is 13.7. The Labute approximate surface area is 136 Å². The highest BCUT2D eigenvalue weighted by Gasteiger charge is 2.36. The first-order valence-electron chi connectivity index (χ1n) is 7.43. The van der Waals surface area contributed by atoms with Gasteiger partial charge in [-0.05, 0) is 37.1 Å². The second-order valence-electron chi connectivity index (χ2n) is 5.06. The molecule has 0 heterocycles. The van der Waals surface area contributed by atoms with Gasteiger partial charge in [0.25, 0.3) is 0 Å². The number of ether oxygens (including phenoxy) is 1. The minimum atomic E-state index is -0.843. The average Bonchev–Trinajstić information content (AvgIpc) is 2.56. The number of amides is 1. The predicted molar refractivity (Wildman–Crippen MR) is 86.2 cm³/mol. The summed E-state index contributed by atoms with van der Waals surface area (Å²) >= 11 is 0. The van der Waals surface area contributed by atoms with Gasteiger partial charge in [0.05, 0.1) is 7.11 Å². The van der Waals surface area contributed by atoms with Crippen molar-refractivity contribution >= 4 is 11.9 Å². The first kappa shape index (κ1) is 18.5. The summed E-state index contributed by atoms with van der Waals surface area (Å²) < 4.78 is 4.87. The Kier molecular flexibility index (Phi) is 6.63. The van der Waals surface area contributed by atoms with E-state index >= 15 is 0 Å². The van der Waals surface area contributed by atoms with Crippen LogP contribution in [0.4, 0.5) is 0 Å². The third-order valence-corrected chi connectivity index (χ3v) is 3.83. The molecule has 2 unspecified atom stereocenters. The van der Waals surface area contributed by atoms with Crippen molar-refractivity contribution in [3.63, 3.8) is 0 Å². The number of phenols is 2. The molecule has 2 N–H and O–H groups in total. The van der Waals surface area contributed by atoms with Crippen molar-refractivity contribution in [2.75, 3.05) is 13.7 Å². The third-order valence-electron chi connectivity index (χ3n) is 3.83. The van der Waals surface area contributed by atoms with Crippen LogP contribution >= 0.6 is 0 Å². The van der Waals surface area contributed by atoms with E-state index in [2.05, 4.69) is 6.58 Å². The summed E-state index contributed by atoms with van der Waals surface area (Å²) in [6.45, 7) is 7.41. The smallest absolute Gasteiger partial charge is 0.329 e. The van der Waals surface area contributed by atoms with Gasteiger partial charge < -0.3 is 19.8 Å². The summed E-state index contributed by atoms with van der Waals surface area (Å²) in [5.41, 5.74) is 0.633. The fraction of sp³-hybridized carbons (Fsp3) is 0.412. The van der Waals surface area contributed by atoms with Gasteiger partial charge in [0.1, 0.15) is 6.04 Å². The molecule has 6 nitrogen and oxygen atoms in total. The molecule has 126 valence electrons. The number of likely N-dealkylation sites (N-methyl/N-ethyl adjacent to an activating group) is 1. The number of phenolic OH excluding ortho intramolecular Hbond substituents is 2. The Hall–Kier alpha value is -2.50. The Morgan fingerprint density at radius 1 is 1.30 bits per heavy atom. The van der Waals surface area contributed by atoms with Crippen molar-refractivity contribution in [2.24, 2.45) is 0 Å². The van der Waals surface area contributed by atoms with Gasteiger partial charge in [0.2, 0.25) is 5.91 Å². The largest absolute Gasteiger partial charge is 0.504 e. The standard InChI is InChI=1S/C17H23NO5/c1-5-12(11-8-9-13(19)14(20)10-11)16(17(22)23-4)18(7-3)15(21)6-2/h6,8-10,12,16,19-20H,2,5,7H2,1,3-4H3. The molecule has 0 aliphatic heterocycles. The van der Waals surface area contributed by atoms with Crippen molar-refractivity contribution < 1.29 is 24.5 Å². The summed E-state index contributed by atoms with van der Waals surface area (Å²) in [6.07, 6.45) is 1.69. The lowest BCUT2D eigenvalue weighted by Crippen LogP contribution is -2.48. The topological polar surface area (TPSA) is 87.1 Å². The number of hydrogen-bond donors (Lipinski definition) is 2. The minimum Gasteiger partial charge on any atom is -0.504 e. The first-order valence-corrected chi connectivity index (χ1v) is 7.43. The van der Waals surface area contributed by atoms with Crippen molar-refractivity contribution in [3.05, 3.63) is 36.4 Å². The molecule has 0 radical (unpaired) electrons. The fourth-order valence-electron chi connectivity index (χ4n) is 2.65. The van der Waals surface area contributed by atoms with E-state index in [0.29, 0.717) is 18.5 Å². The number of aromatic hydroxyl groups is 2. The second kappa shape index (κ2) is 8.22. The maximum Gasteiger partial charge on any atom is 0.329 e. The molecule has 0 spiro atoms. The number of nitrogens with zero attached hydrogens (tertiary/aromatic N) is 1. The average molecular weight is 321 g/mol. The number of carbonyl (C=O) groups excluding carboxylic acids is 2. The summed E-state index contributed by atoms with van der Waals surface area (Å²) in [6, 6.07) is 3.52. The maximum atomic E-state index is 12.3. The van der Waals surface area contributed by atoms with Gasteiger partial charge in [-0.2, -0.15) is 0 Å². The predicted octanol–water partition coefficient (Wildman–Crippen LogP) is 2.17. The Morgan fingerprint density at radius 3 is 2.39 bits per heavy atom. The fourth-order valence-corrected chi connectivity index (χ4v) is 2.65. The molecular weight excluding hydrogens is 298 g/mol. The molecule has 0 saturated heterocycles. The molecule has 1 amide bonds. The summed E-state index contributed by atoms with van der Waals surface area (Å²) in [5, 5.41) is 19.2. The maximum absolute atomic E-state index is 12.3. The van der Waals surface area contributed by atoms with E-state index in [4.69, 9.17) is 4.74 Å². The Balaban J connectivity index is 3.35. The number of benzene rings is 1. The molecular formula is C17H23NO5. The SMILES string of the molecule is C=CC(=O)N(CC)C(C(=O)OC)C(CC)c1ccc(O)c(O)c1. The number of carbonyl (C=O) groups is 2. The first-order chi connectivity index (χ1) is 10.9. The van der Waals surface area contributed by atoms with Gasteiger partial charge in [-0.1, -0.05) is 19.6 Å². The summed E-state index contributed by atoms with van der Waals surface area (Å²) in [4.78, 5) is 25.8. The number of hydrogen-bond acceptors (Lipinski definition) is 5. The van der Waals surface area contributed by atoms with Crippen LogP contribution in [0, 0.1) is 0 Å². The van der Waals surface area contributed by atoms with E-state index in [1.165, 1.54) is 24.1 Å². The van der Waals surface area contributed by atoms with E-state index < -0.39 is 17.9 Å². The van der Waals surface area contributed by atoms with Crippen LogP contribution in [0.15, 0.2) is 30.9 Å². The van der Waals surface area contributed by atoms with Crippen LogP contribution in [0.2, 0.25) is 0 Å². The van der Waals surface area contributed by atoms with Gasteiger partial charge >= 0.3 is 5.97 Å². The lowest BCUT2D eigenvalue weighted by atomic mass is 9.87. The van der Waals surface area contributed by atoms with Crippen LogP contribution in [-0.2, 0) is 14.3 Å². The molecule has 1 aromatic carbocycles. The number of esters is 1. The molecule has 0 saturated carbocycles. The Morgan fingerprint density at radius 2 is 1.96 bits per heavy atom. The van der Waals surface area contributed by atoms with Crippen LogP contribution in [-0.4, -0.2) is 46.7 Å². The molecule has 1 aromatic rings. The van der Waals surface area contributed by atoms with Gasteiger partial charge in [-0.3, -0.25) is 4.79 Å². The quantitative estimate of drug-likeness (QED) is 0.456. The zero-order chi connectivity index (χ0) is 17.6. The number of methoxy groups -OCH3 is 1. The lowest BCUT2D eigenvalue weighted by Gasteiger charge is -2.34. The summed E-state index contributed by atoms with van der Waals surface area (Å²) in [7, 11) is 1.27. The van der Waals surface area contributed by atoms with Gasteiger partial charge in [-0.15, -0.1) is 0 Å². The van der Waals surface area contributed by atoms with Gasteiger partial charge in [-0.25, -0.2) is 4.79 Å². The molecule has 0 bridgehead atoms. The van der Waals surface area contributed by atoms with Crippen LogP contribution < -0.4 is 0 Å². The van der Waals surface area contributed by atoms with Gasteiger partial charge in [0.15, 0.2) is 11.5 Å². The molecule has 0 aromatic heterocycles. The van der Waals surface area contributed by atoms with Crippen molar-refractivity contribution in [2.45, 2.75) is 32.2 Å². The van der Waals surface area contributed by atoms with Crippen LogP contribution in [0.25, 0.3) is 0 Å². The van der Waals surface area contributed by atoms with E-state index in [1.54, 1.807) is 13.0 Å². The molecule has 0 aliphatic rings. The highest BCUT2D eigenvalue weighted by atomic mass is 16.5. The normalized spacial score (nSPS) is 13.0. The van der Waals surface area contributed by atoms with Crippen molar-refractivity contribution in [3.8, 4) is 11.5 Å². The van der Waals surface area contributed by atoms with Crippen molar-refractivity contribution in [1.29, 1.82) is 0 Å². The van der Waals surface area contributed by atoms with Gasteiger partial charge in [0, 0.05) is 12.5 Å². The molecule has 6 heteroatoms. The van der Waals surface area contributed by atoms with Crippen molar-refractivity contribution in [1.82, 2.24) is 4.90 Å². The van der Waals surface area contributed by atoms with E-state index in [-0.39, 0.29) is 17.4 Å². The van der Waals surface area contributed by atoms with Crippen LogP contribution in [0.5, 0.6) is 11.5 Å². The van der Waals surface area contributed by atoms with E-state index in [0.717, 1.165) is 6.08 Å². The molecule has 0 aliphatic carbocycles. The van der Waals surface area contributed by atoms with Crippen LogP contribution in [0.3, 0.4) is 0 Å². The highest BCUT2D eigenvalue weighted by molar-refractivity contribution is 5.91. The third kappa shape index (κ3) is 4.03. The van der Waals surface area contributed by atoms with Crippen LogP contribution in [0.1, 0.15) is 31.7 Å². The Bertz CT molecular complexity index is 584. The number of rotatable bonds is 7.